The highest BCUT2D eigenvalue weighted by Gasteiger charge is 2.27. The van der Waals surface area contributed by atoms with E-state index in [0.717, 1.165) is 0 Å². The van der Waals surface area contributed by atoms with Gasteiger partial charge in [0.2, 0.25) is 0 Å². The molecule has 0 aliphatic carbocycles. The van der Waals surface area contributed by atoms with Gasteiger partial charge < -0.3 is 10.0 Å². The Morgan fingerprint density at radius 2 is 2.00 bits per heavy atom. The second-order valence-corrected chi connectivity index (χ2v) is 4.27. The first-order valence-electron chi connectivity index (χ1n) is 5.43. The van der Waals surface area contributed by atoms with E-state index in [1.165, 1.54) is 0 Å². The standard InChI is InChI=1S/C13H16N2O2/c1-9(2)12(13(16)17)15(3)11-7-5-4-6-10(11)8-14/h4-7,9,12H,1-3H3,(H,16,17). The van der Waals surface area contributed by atoms with E-state index in [9.17, 15) is 9.90 Å². The van der Waals surface area contributed by atoms with E-state index in [4.69, 9.17) is 5.26 Å². The number of nitriles is 1. The van der Waals surface area contributed by atoms with Crippen LogP contribution in [0.3, 0.4) is 0 Å². The van der Waals surface area contributed by atoms with Crippen molar-refractivity contribution in [3.63, 3.8) is 0 Å². The molecule has 90 valence electrons. The molecular weight excluding hydrogens is 216 g/mol. The van der Waals surface area contributed by atoms with Crippen molar-refractivity contribution in [1.82, 2.24) is 0 Å². The highest BCUT2D eigenvalue weighted by atomic mass is 16.4. The second-order valence-electron chi connectivity index (χ2n) is 4.27. The van der Waals surface area contributed by atoms with Crippen molar-refractivity contribution >= 4 is 11.7 Å². The van der Waals surface area contributed by atoms with E-state index in [0.29, 0.717) is 11.3 Å². The Bertz CT molecular complexity index is 449. The van der Waals surface area contributed by atoms with Gasteiger partial charge in [0.25, 0.3) is 0 Å². The molecule has 0 saturated heterocycles. The van der Waals surface area contributed by atoms with E-state index < -0.39 is 12.0 Å². The zero-order valence-corrected chi connectivity index (χ0v) is 10.2. The Kier molecular flexibility index (Phi) is 4.11. The SMILES string of the molecule is CC(C)C(C(=O)O)N(C)c1ccccc1C#N. The van der Waals surface area contributed by atoms with Crippen molar-refractivity contribution in [1.29, 1.82) is 5.26 Å². The third-order valence-electron chi connectivity index (χ3n) is 2.71. The summed E-state index contributed by atoms with van der Waals surface area (Å²) in [5.41, 5.74) is 1.14. The van der Waals surface area contributed by atoms with E-state index in [2.05, 4.69) is 6.07 Å². The highest BCUT2D eigenvalue weighted by molar-refractivity contribution is 5.79. The molecule has 0 saturated carbocycles. The molecular formula is C13H16N2O2. The van der Waals surface area contributed by atoms with Gasteiger partial charge in [-0.1, -0.05) is 26.0 Å². The fourth-order valence-corrected chi connectivity index (χ4v) is 1.92. The summed E-state index contributed by atoms with van der Waals surface area (Å²) >= 11 is 0. The number of anilines is 1. The average molecular weight is 232 g/mol. The number of benzene rings is 1. The number of hydrogen-bond acceptors (Lipinski definition) is 3. The molecule has 1 aromatic rings. The van der Waals surface area contributed by atoms with Gasteiger partial charge in [-0.05, 0) is 18.1 Å². The van der Waals surface area contributed by atoms with Gasteiger partial charge in [0.1, 0.15) is 12.1 Å². The van der Waals surface area contributed by atoms with Crippen molar-refractivity contribution in [3.8, 4) is 6.07 Å². The predicted octanol–water partition coefficient (Wildman–Crippen LogP) is 2.10. The van der Waals surface area contributed by atoms with E-state index in [1.807, 2.05) is 13.8 Å². The summed E-state index contributed by atoms with van der Waals surface area (Å²) in [6.07, 6.45) is 0. The maximum absolute atomic E-state index is 11.2. The Balaban J connectivity index is 3.14. The van der Waals surface area contributed by atoms with Gasteiger partial charge in [0.15, 0.2) is 0 Å². The molecule has 4 nitrogen and oxygen atoms in total. The number of carboxylic acids is 1. The Morgan fingerprint density at radius 3 is 2.47 bits per heavy atom. The lowest BCUT2D eigenvalue weighted by molar-refractivity contribution is -0.139. The first-order chi connectivity index (χ1) is 7.99. The van der Waals surface area contributed by atoms with Crippen molar-refractivity contribution in [2.45, 2.75) is 19.9 Å². The van der Waals surface area contributed by atoms with Crippen LogP contribution in [0.1, 0.15) is 19.4 Å². The molecule has 1 unspecified atom stereocenters. The molecule has 0 fully saturated rings. The lowest BCUT2D eigenvalue weighted by Gasteiger charge is -2.30. The van der Waals surface area contributed by atoms with Gasteiger partial charge in [-0.25, -0.2) is 4.79 Å². The summed E-state index contributed by atoms with van der Waals surface area (Å²) in [4.78, 5) is 12.9. The van der Waals surface area contributed by atoms with Crippen molar-refractivity contribution in [3.05, 3.63) is 29.8 Å². The van der Waals surface area contributed by atoms with Gasteiger partial charge in [0, 0.05) is 7.05 Å². The molecule has 0 aliphatic heterocycles. The Morgan fingerprint density at radius 1 is 1.41 bits per heavy atom. The van der Waals surface area contributed by atoms with Crippen molar-refractivity contribution in [2.24, 2.45) is 5.92 Å². The number of hydrogen-bond donors (Lipinski definition) is 1. The van der Waals surface area contributed by atoms with Crippen LogP contribution in [0.2, 0.25) is 0 Å². The Labute approximate surface area is 101 Å². The van der Waals surface area contributed by atoms with Crippen LogP contribution in [0.4, 0.5) is 5.69 Å². The van der Waals surface area contributed by atoms with Gasteiger partial charge in [-0.15, -0.1) is 0 Å². The summed E-state index contributed by atoms with van der Waals surface area (Å²) < 4.78 is 0. The quantitative estimate of drug-likeness (QED) is 0.863. The van der Waals surface area contributed by atoms with Gasteiger partial charge in [0.05, 0.1) is 11.3 Å². The van der Waals surface area contributed by atoms with Crippen LogP contribution in [0.25, 0.3) is 0 Å². The normalized spacial score (nSPS) is 11.9. The van der Waals surface area contributed by atoms with Crippen LogP contribution in [0, 0.1) is 17.2 Å². The molecule has 1 aromatic carbocycles. The average Bonchev–Trinajstić information content (AvgIpc) is 2.27. The minimum atomic E-state index is -0.879. The molecule has 0 amide bonds. The molecule has 0 aromatic heterocycles. The van der Waals surface area contributed by atoms with Crippen molar-refractivity contribution in [2.75, 3.05) is 11.9 Å². The molecule has 0 bridgehead atoms. The second kappa shape index (κ2) is 5.35. The molecule has 1 N–H and O–H groups in total. The zero-order valence-electron chi connectivity index (χ0n) is 10.2. The largest absolute Gasteiger partial charge is 0.480 e. The molecule has 0 aliphatic rings. The lowest BCUT2D eigenvalue weighted by Crippen LogP contribution is -2.42. The summed E-state index contributed by atoms with van der Waals surface area (Å²) in [7, 11) is 1.70. The van der Waals surface area contributed by atoms with E-state index in [1.54, 1.807) is 36.2 Å². The third kappa shape index (κ3) is 2.76. The van der Waals surface area contributed by atoms with Crippen LogP contribution in [-0.2, 0) is 4.79 Å². The first kappa shape index (κ1) is 13.0. The molecule has 1 atom stereocenters. The Hall–Kier alpha value is -2.02. The lowest BCUT2D eigenvalue weighted by atomic mass is 10.0. The van der Waals surface area contributed by atoms with Crippen molar-refractivity contribution < 1.29 is 9.90 Å². The van der Waals surface area contributed by atoms with Crippen LogP contribution < -0.4 is 4.90 Å². The maximum Gasteiger partial charge on any atom is 0.326 e. The number of likely N-dealkylation sites (N-methyl/N-ethyl adjacent to an activating group) is 1. The summed E-state index contributed by atoms with van der Waals surface area (Å²) in [6.45, 7) is 3.70. The minimum Gasteiger partial charge on any atom is -0.480 e. The third-order valence-corrected chi connectivity index (χ3v) is 2.71. The van der Waals surface area contributed by atoms with Gasteiger partial charge in [-0.2, -0.15) is 5.26 Å². The minimum absolute atomic E-state index is 0.0377. The first-order valence-corrected chi connectivity index (χ1v) is 5.43. The summed E-state index contributed by atoms with van der Waals surface area (Å²) in [5.74, 6) is -0.917. The molecule has 0 radical (unpaired) electrons. The maximum atomic E-state index is 11.2. The number of aliphatic carboxylic acids is 1. The van der Waals surface area contributed by atoms with Crippen LogP contribution in [-0.4, -0.2) is 24.2 Å². The smallest absolute Gasteiger partial charge is 0.326 e. The molecule has 1 rings (SSSR count). The fraction of sp³-hybridized carbons (Fsp3) is 0.385. The number of carbonyl (C=O) groups is 1. The van der Waals surface area contributed by atoms with Gasteiger partial charge in [-0.3, -0.25) is 0 Å². The van der Waals surface area contributed by atoms with Gasteiger partial charge >= 0.3 is 5.97 Å². The number of nitrogens with zero attached hydrogens (tertiary/aromatic N) is 2. The van der Waals surface area contributed by atoms with Crippen LogP contribution >= 0.6 is 0 Å². The van der Waals surface area contributed by atoms with Crippen LogP contribution in [0.15, 0.2) is 24.3 Å². The van der Waals surface area contributed by atoms with E-state index >= 15 is 0 Å². The molecule has 0 heterocycles. The molecule has 4 heteroatoms. The number of carboxylic acid groups (broad SMARTS) is 1. The number of rotatable bonds is 4. The van der Waals surface area contributed by atoms with E-state index in [-0.39, 0.29) is 5.92 Å². The topological polar surface area (TPSA) is 64.3 Å². The zero-order chi connectivity index (χ0) is 13.0. The van der Waals surface area contributed by atoms with Crippen LogP contribution in [0.5, 0.6) is 0 Å². The molecule has 17 heavy (non-hydrogen) atoms. The summed E-state index contributed by atoms with van der Waals surface area (Å²) in [5, 5.41) is 18.2. The monoisotopic (exact) mass is 232 g/mol. The molecule has 0 spiro atoms. The highest BCUT2D eigenvalue weighted by Crippen LogP contribution is 2.23. The predicted molar refractivity (Wildman–Crippen MR) is 65.8 cm³/mol. The fourth-order valence-electron chi connectivity index (χ4n) is 1.92. The number of para-hydroxylation sites is 1. The summed E-state index contributed by atoms with van der Waals surface area (Å²) in [6, 6.07) is 8.45.